The zero-order valence-corrected chi connectivity index (χ0v) is 14.3. The Bertz CT molecular complexity index is 440. The number of rotatable bonds is 8. The van der Waals surface area contributed by atoms with Crippen molar-refractivity contribution in [3.05, 3.63) is 35.4 Å². The lowest BCUT2D eigenvalue weighted by Crippen LogP contribution is -2.15. The maximum Gasteiger partial charge on any atom is 0.0242 e. The summed E-state index contributed by atoms with van der Waals surface area (Å²) in [6.07, 6.45) is 21.0. The van der Waals surface area contributed by atoms with Gasteiger partial charge in [-0.15, -0.1) is 6.42 Å². The average Bonchev–Trinajstić information content (AvgIpc) is 2.58. The van der Waals surface area contributed by atoms with Crippen molar-refractivity contribution in [1.29, 1.82) is 0 Å². The van der Waals surface area contributed by atoms with Gasteiger partial charge in [-0.2, -0.15) is 0 Å². The number of aryl methyl sites for hydroxylation is 1. The second-order valence-electron chi connectivity index (χ2n) is 7.12. The van der Waals surface area contributed by atoms with E-state index in [2.05, 4.69) is 37.1 Å². The van der Waals surface area contributed by atoms with Crippen molar-refractivity contribution in [3.8, 4) is 12.3 Å². The summed E-state index contributed by atoms with van der Waals surface area (Å²) in [6.45, 7) is 2.30. The minimum Gasteiger partial charge on any atom is -0.115 e. The first-order valence-corrected chi connectivity index (χ1v) is 9.37. The van der Waals surface area contributed by atoms with E-state index in [1.165, 1.54) is 76.2 Å². The summed E-state index contributed by atoms with van der Waals surface area (Å²) in [5, 5.41) is 0. The highest BCUT2D eigenvalue weighted by molar-refractivity contribution is 5.34. The summed E-state index contributed by atoms with van der Waals surface area (Å²) >= 11 is 0. The Morgan fingerprint density at radius 3 is 2.14 bits per heavy atom. The van der Waals surface area contributed by atoms with E-state index >= 15 is 0 Å². The molecule has 2 rings (SSSR count). The van der Waals surface area contributed by atoms with Crippen molar-refractivity contribution < 1.29 is 0 Å². The molecule has 0 unspecified atom stereocenters. The van der Waals surface area contributed by atoms with E-state index in [1.807, 2.05) is 0 Å². The second kappa shape index (κ2) is 9.73. The molecule has 0 radical (unpaired) electrons. The van der Waals surface area contributed by atoms with Crippen LogP contribution in [0.25, 0.3) is 0 Å². The molecule has 0 nitrogen and oxygen atoms in total. The molecule has 22 heavy (non-hydrogen) atoms. The van der Waals surface area contributed by atoms with Crippen molar-refractivity contribution >= 4 is 0 Å². The van der Waals surface area contributed by atoms with E-state index in [0.29, 0.717) is 0 Å². The lowest BCUT2D eigenvalue weighted by Gasteiger charge is -2.28. The van der Waals surface area contributed by atoms with Gasteiger partial charge in [0.05, 0.1) is 0 Å². The van der Waals surface area contributed by atoms with Crippen LogP contribution in [0.4, 0.5) is 0 Å². The molecule has 1 aliphatic carbocycles. The molecule has 1 fully saturated rings. The first kappa shape index (κ1) is 17.1. The third kappa shape index (κ3) is 5.88. The molecule has 1 aliphatic rings. The first-order valence-electron chi connectivity index (χ1n) is 9.37. The minimum absolute atomic E-state index is 0.958. The summed E-state index contributed by atoms with van der Waals surface area (Å²) in [6, 6.07) is 8.55. The van der Waals surface area contributed by atoms with Crippen molar-refractivity contribution in [2.75, 3.05) is 0 Å². The number of terminal acetylenes is 1. The smallest absolute Gasteiger partial charge is 0.0242 e. The van der Waals surface area contributed by atoms with Gasteiger partial charge in [0, 0.05) is 5.56 Å². The number of hydrogen-bond acceptors (Lipinski definition) is 0. The quantitative estimate of drug-likeness (QED) is 0.386. The Balaban J connectivity index is 1.61. The molecule has 1 saturated carbocycles. The molecule has 0 bridgehead atoms. The molecule has 0 N–H and O–H groups in total. The van der Waals surface area contributed by atoms with Gasteiger partial charge in [0.25, 0.3) is 0 Å². The van der Waals surface area contributed by atoms with E-state index in [4.69, 9.17) is 6.42 Å². The average molecular weight is 296 g/mol. The molecule has 0 aromatic heterocycles. The van der Waals surface area contributed by atoms with Crippen molar-refractivity contribution in [2.24, 2.45) is 11.8 Å². The lowest BCUT2D eigenvalue weighted by molar-refractivity contribution is 0.249. The molecule has 1 aromatic rings. The molecule has 0 heterocycles. The summed E-state index contributed by atoms with van der Waals surface area (Å²) in [4.78, 5) is 0. The van der Waals surface area contributed by atoms with Crippen LogP contribution in [0, 0.1) is 24.2 Å². The van der Waals surface area contributed by atoms with Crippen LogP contribution in [0.3, 0.4) is 0 Å². The molecule has 0 aliphatic heterocycles. The Morgan fingerprint density at radius 2 is 1.55 bits per heavy atom. The van der Waals surface area contributed by atoms with Gasteiger partial charge >= 0.3 is 0 Å². The van der Waals surface area contributed by atoms with Gasteiger partial charge in [0.15, 0.2) is 0 Å². The van der Waals surface area contributed by atoms with E-state index in [1.54, 1.807) is 0 Å². The fourth-order valence-corrected chi connectivity index (χ4v) is 3.81. The molecular weight excluding hydrogens is 264 g/mol. The Kier molecular flexibility index (Phi) is 7.58. The minimum atomic E-state index is 0.958. The molecule has 1 aromatic carbocycles. The normalized spacial score (nSPS) is 21.5. The SMILES string of the molecule is C#Cc1ccc(CCC2CCC(CCCCCC)CC2)cc1. The highest BCUT2D eigenvalue weighted by Gasteiger charge is 2.20. The summed E-state index contributed by atoms with van der Waals surface area (Å²) < 4.78 is 0. The van der Waals surface area contributed by atoms with E-state index in [0.717, 1.165) is 17.4 Å². The van der Waals surface area contributed by atoms with Gasteiger partial charge in [0.1, 0.15) is 0 Å². The summed E-state index contributed by atoms with van der Waals surface area (Å²) in [5.74, 6) is 4.68. The number of benzene rings is 1. The topological polar surface area (TPSA) is 0 Å². The lowest BCUT2D eigenvalue weighted by atomic mass is 9.77. The third-order valence-electron chi connectivity index (χ3n) is 5.39. The van der Waals surface area contributed by atoms with Gasteiger partial charge in [-0.1, -0.05) is 82.8 Å². The zero-order valence-electron chi connectivity index (χ0n) is 14.3. The van der Waals surface area contributed by atoms with Crippen LogP contribution in [0.1, 0.15) is 82.3 Å². The van der Waals surface area contributed by atoms with Crippen molar-refractivity contribution in [3.63, 3.8) is 0 Å². The van der Waals surface area contributed by atoms with E-state index < -0.39 is 0 Å². The van der Waals surface area contributed by atoms with Crippen LogP contribution in [-0.4, -0.2) is 0 Å². The van der Waals surface area contributed by atoms with Crippen LogP contribution < -0.4 is 0 Å². The van der Waals surface area contributed by atoms with Gasteiger partial charge in [-0.25, -0.2) is 0 Å². The first-order chi connectivity index (χ1) is 10.8. The Hall–Kier alpha value is -1.22. The maximum atomic E-state index is 5.41. The molecule has 0 amide bonds. The second-order valence-corrected chi connectivity index (χ2v) is 7.12. The predicted molar refractivity (Wildman–Crippen MR) is 96.9 cm³/mol. The standard InChI is InChI=1S/C22H32/c1-3-5-6-7-8-20-13-15-22(16-14-20)18-17-21-11-9-19(4-2)10-12-21/h2,9-12,20,22H,3,5-8,13-18H2,1H3. The highest BCUT2D eigenvalue weighted by Crippen LogP contribution is 2.34. The molecule has 0 atom stereocenters. The van der Waals surface area contributed by atoms with E-state index in [9.17, 15) is 0 Å². The van der Waals surface area contributed by atoms with Gasteiger partial charge < -0.3 is 0 Å². The van der Waals surface area contributed by atoms with Crippen LogP contribution in [0.2, 0.25) is 0 Å². The maximum absolute atomic E-state index is 5.41. The summed E-state index contributed by atoms with van der Waals surface area (Å²) in [5.41, 5.74) is 2.44. The van der Waals surface area contributed by atoms with Gasteiger partial charge in [0.2, 0.25) is 0 Å². The molecule has 0 spiro atoms. The molecular formula is C22H32. The van der Waals surface area contributed by atoms with Gasteiger partial charge in [-0.05, 0) is 42.4 Å². The van der Waals surface area contributed by atoms with E-state index in [-0.39, 0.29) is 0 Å². The fourth-order valence-electron chi connectivity index (χ4n) is 3.81. The largest absolute Gasteiger partial charge is 0.115 e. The fraction of sp³-hybridized carbons (Fsp3) is 0.636. The monoisotopic (exact) mass is 296 g/mol. The third-order valence-corrected chi connectivity index (χ3v) is 5.39. The predicted octanol–water partition coefficient (Wildman–Crippen LogP) is 6.38. The Labute approximate surface area is 137 Å². The summed E-state index contributed by atoms with van der Waals surface area (Å²) in [7, 11) is 0. The number of unbranched alkanes of at least 4 members (excludes halogenated alkanes) is 3. The van der Waals surface area contributed by atoms with Crippen LogP contribution in [0.15, 0.2) is 24.3 Å². The van der Waals surface area contributed by atoms with Crippen LogP contribution in [-0.2, 0) is 6.42 Å². The van der Waals surface area contributed by atoms with Gasteiger partial charge in [-0.3, -0.25) is 0 Å². The highest BCUT2D eigenvalue weighted by atomic mass is 14.3. The zero-order chi connectivity index (χ0) is 15.6. The van der Waals surface area contributed by atoms with Crippen LogP contribution >= 0.6 is 0 Å². The molecule has 0 saturated heterocycles. The molecule has 0 heteroatoms. The van der Waals surface area contributed by atoms with Crippen molar-refractivity contribution in [2.45, 2.75) is 77.6 Å². The molecule has 120 valence electrons. The van der Waals surface area contributed by atoms with Crippen LogP contribution in [0.5, 0.6) is 0 Å². The number of hydrogen-bond donors (Lipinski definition) is 0. The Morgan fingerprint density at radius 1 is 0.909 bits per heavy atom. The van der Waals surface area contributed by atoms with Crippen molar-refractivity contribution in [1.82, 2.24) is 0 Å².